The van der Waals surface area contributed by atoms with Crippen LogP contribution in [-0.4, -0.2) is 27.2 Å². The number of carbonyl (C=O) groups is 1. The zero-order valence-electron chi connectivity index (χ0n) is 19.2. The number of halogens is 3. The molecular weight excluding hydrogens is 476 g/mol. The second-order valence-corrected chi connectivity index (χ2v) is 8.97. The fraction of sp³-hybridized carbons (Fsp3) is 0.167. The van der Waals surface area contributed by atoms with Gasteiger partial charge >= 0.3 is 6.03 Å². The maximum Gasteiger partial charge on any atom is 0.323 e. The predicted molar refractivity (Wildman–Crippen MR) is 135 cm³/mol. The summed E-state index contributed by atoms with van der Waals surface area (Å²) in [6.07, 6.45) is 2.99. The van der Waals surface area contributed by atoms with E-state index in [2.05, 4.69) is 25.9 Å². The highest BCUT2D eigenvalue weighted by atomic mass is 35.5. The molecule has 1 aromatic heterocycles. The second-order valence-electron chi connectivity index (χ2n) is 8.56. The van der Waals surface area contributed by atoms with E-state index in [1.165, 1.54) is 30.5 Å². The second kappa shape index (κ2) is 10.5. The van der Waals surface area contributed by atoms with Crippen molar-refractivity contribution in [2.45, 2.75) is 26.3 Å². The van der Waals surface area contributed by atoms with Gasteiger partial charge in [-0.1, -0.05) is 11.6 Å². The average molecular weight is 500 g/mol. The lowest BCUT2D eigenvalue weighted by atomic mass is 9.98. The lowest BCUT2D eigenvalue weighted by Crippen LogP contribution is -2.32. The summed E-state index contributed by atoms with van der Waals surface area (Å²) < 4.78 is 28.1. The van der Waals surface area contributed by atoms with E-state index in [4.69, 9.17) is 22.7 Å². The molecule has 0 saturated carbocycles. The molecule has 2 aromatic carbocycles. The van der Waals surface area contributed by atoms with Gasteiger partial charge in [0.15, 0.2) is 0 Å². The zero-order chi connectivity index (χ0) is 25.8. The van der Waals surface area contributed by atoms with Crippen molar-refractivity contribution in [1.82, 2.24) is 15.3 Å². The molecule has 1 heterocycles. The van der Waals surface area contributed by atoms with E-state index in [1.54, 1.807) is 6.20 Å². The van der Waals surface area contributed by atoms with Gasteiger partial charge in [0, 0.05) is 29.2 Å². The molecule has 2 amide bonds. The molecular formula is C24H24ClF2N7O. The van der Waals surface area contributed by atoms with Crippen molar-refractivity contribution in [3.05, 3.63) is 82.8 Å². The Morgan fingerprint density at radius 1 is 1.09 bits per heavy atom. The molecule has 3 aromatic rings. The monoisotopic (exact) mass is 499 g/mol. The van der Waals surface area contributed by atoms with Gasteiger partial charge in [-0.05, 0) is 68.8 Å². The van der Waals surface area contributed by atoms with E-state index < -0.39 is 17.7 Å². The first-order chi connectivity index (χ1) is 16.4. The Morgan fingerprint density at radius 2 is 1.83 bits per heavy atom. The number of anilines is 3. The third-order valence-corrected chi connectivity index (χ3v) is 4.82. The molecule has 0 radical (unpaired) electrons. The number of nitrogens with one attached hydrogen (secondary N) is 4. The smallest absolute Gasteiger partial charge is 0.323 e. The summed E-state index contributed by atoms with van der Waals surface area (Å²) in [4.78, 5) is 20.4. The molecule has 0 spiro atoms. The maximum atomic E-state index is 14.6. The number of urea groups is 1. The molecule has 0 atom stereocenters. The minimum absolute atomic E-state index is 0.00957. The molecule has 0 bridgehead atoms. The molecule has 0 aliphatic heterocycles. The number of nitrogen functional groups attached to an aromatic ring is 1. The Hall–Kier alpha value is -4.05. The van der Waals surface area contributed by atoms with Crippen LogP contribution in [0.25, 0.3) is 5.57 Å². The van der Waals surface area contributed by atoms with Gasteiger partial charge < -0.3 is 21.7 Å². The highest BCUT2D eigenvalue weighted by molar-refractivity contribution is 6.33. The minimum Gasteiger partial charge on any atom is -0.386 e. The summed E-state index contributed by atoms with van der Waals surface area (Å²) in [7, 11) is 0. The number of hydrogen-bond acceptors (Lipinski definition) is 6. The third-order valence-electron chi connectivity index (χ3n) is 4.49. The first-order valence-corrected chi connectivity index (χ1v) is 10.8. The topological polar surface area (TPSA) is 129 Å². The molecule has 35 heavy (non-hydrogen) atoms. The van der Waals surface area contributed by atoms with Crippen LogP contribution in [-0.2, 0) is 0 Å². The van der Waals surface area contributed by atoms with Crippen molar-refractivity contribution in [1.29, 1.82) is 5.41 Å². The van der Waals surface area contributed by atoms with E-state index in [9.17, 15) is 13.6 Å². The van der Waals surface area contributed by atoms with Crippen molar-refractivity contribution in [2.24, 2.45) is 0 Å². The number of rotatable bonds is 6. The van der Waals surface area contributed by atoms with Crippen LogP contribution in [0.2, 0.25) is 5.02 Å². The number of nitrogens with zero attached hydrogens (tertiary/aromatic N) is 2. The van der Waals surface area contributed by atoms with Gasteiger partial charge in [0.25, 0.3) is 0 Å². The van der Waals surface area contributed by atoms with E-state index >= 15 is 0 Å². The molecule has 8 nitrogen and oxygen atoms in total. The average Bonchev–Trinajstić information content (AvgIpc) is 2.75. The molecule has 3 rings (SSSR count). The Labute approximate surface area is 206 Å². The van der Waals surface area contributed by atoms with Gasteiger partial charge in [0.05, 0.1) is 22.1 Å². The fourth-order valence-corrected chi connectivity index (χ4v) is 3.10. The normalized spacial score (nSPS) is 11.7. The van der Waals surface area contributed by atoms with Crippen molar-refractivity contribution < 1.29 is 13.6 Å². The van der Waals surface area contributed by atoms with Crippen molar-refractivity contribution >= 4 is 46.2 Å². The van der Waals surface area contributed by atoms with E-state index in [1.807, 2.05) is 20.8 Å². The highest BCUT2D eigenvalue weighted by Gasteiger charge is 2.17. The Bertz CT molecular complexity index is 1310. The molecule has 11 heteroatoms. The Morgan fingerprint density at radius 3 is 2.51 bits per heavy atom. The Kier molecular flexibility index (Phi) is 7.65. The van der Waals surface area contributed by atoms with Crippen LogP contribution >= 0.6 is 11.6 Å². The molecule has 0 aliphatic rings. The molecule has 0 unspecified atom stereocenters. The first-order valence-electron chi connectivity index (χ1n) is 10.4. The predicted octanol–water partition coefficient (Wildman–Crippen LogP) is 5.43. The van der Waals surface area contributed by atoms with Crippen LogP contribution in [0.5, 0.6) is 0 Å². The molecule has 0 fully saturated rings. The summed E-state index contributed by atoms with van der Waals surface area (Å²) in [5.41, 5.74) is 6.25. The van der Waals surface area contributed by atoms with Crippen LogP contribution in [0.4, 0.5) is 30.9 Å². The van der Waals surface area contributed by atoms with Crippen LogP contribution in [0.1, 0.15) is 32.0 Å². The van der Waals surface area contributed by atoms with E-state index in [0.717, 1.165) is 18.2 Å². The van der Waals surface area contributed by atoms with Gasteiger partial charge in [-0.15, -0.1) is 0 Å². The van der Waals surface area contributed by atoms with Gasteiger partial charge in [-0.3, -0.25) is 5.41 Å². The molecule has 182 valence electrons. The Balaban J connectivity index is 1.94. The van der Waals surface area contributed by atoms with Crippen LogP contribution in [0, 0.1) is 17.0 Å². The minimum atomic E-state index is -0.758. The number of nitrogens with two attached hydrogens (primary N) is 1. The number of hydrogen-bond donors (Lipinski definition) is 5. The fourth-order valence-electron chi connectivity index (χ4n) is 2.93. The third kappa shape index (κ3) is 7.21. The van der Waals surface area contributed by atoms with E-state index in [-0.39, 0.29) is 39.3 Å². The molecule has 6 N–H and O–H groups in total. The van der Waals surface area contributed by atoms with Crippen molar-refractivity contribution in [3.8, 4) is 0 Å². The summed E-state index contributed by atoms with van der Waals surface area (Å²) in [6, 6.07) is 8.10. The molecule has 0 aliphatic carbocycles. The zero-order valence-corrected chi connectivity index (χ0v) is 20.0. The number of carbonyl (C=O) groups excluding carboxylic acids is 1. The lowest BCUT2D eigenvalue weighted by molar-refractivity contribution is 0.262. The van der Waals surface area contributed by atoms with Gasteiger partial charge in [-0.2, -0.15) is 0 Å². The highest BCUT2D eigenvalue weighted by Crippen LogP contribution is 2.26. The van der Waals surface area contributed by atoms with Gasteiger partial charge in [-0.25, -0.2) is 23.5 Å². The lowest BCUT2D eigenvalue weighted by Gasteiger charge is -2.21. The number of benzene rings is 2. The van der Waals surface area contributed by atoms with Crippen molar-refractivity contribution in [3.63, 3.8) is 0 Å². The van der Waals surface area contributed by atoms with Crippen LogP contribution in [0.15, 0.2) is 54.9 Å². The van der Waals surface area contributed by atoms with Gasteiger partial charge in [0.1, 0.15) is 11.6 Å². The molecule has 0 saturated heterocycles. The SMILES string of the molecule is CC(C)(C)N/C=C(\C(=N)c1ccnc(N)n1)c1cc(F)cc(NC(=O)Nc2cc(F)ccc2Cl)c1. The van der Waals surface area contributed by atoms with Crippen LogP contribution < -0.4 is 21.7 Å². The number of allylic oxidation sites excluding steroid dienone is 1. The summed E-state index contributed by atoms with van der Waals surface area (Å²) >= 11 is 5.98. The van der Waals surface area contributed by atoms with Crippen molar-refractivity contribution in [2.75, 3.05) is 16.4 Å². The standard InChI is InChI=1S/C24H24ClF2N7O/c1-24(2,3)31-12-17(21(28)19-6-7-30-22(29)33-19)13-8-15(27)10-16(9-13)32-23(35)34-20-11-14(26)4-5-18(20)25/h4-12,28,31H,1-3H3,(H2,29,30,33)(H2,32,34,35)/b17-12-,28-21?. The quantitative estimate of drug-likeness (QED) is 0.289. The number of aromatic nitrogens is 2. The van der Waals surface area contributed by atoms with Gasteiger partial charge in [0.2, 0.25) is 5.95 Å². The largest absolute Gasteiger partial charge is 0.386 e. The maximum absolute atomic E-state index is 14.6. The summed E-state index contributed by atoms with van der Waals surface area (Å²) in [6.45, 7) is 5.77. The van der Waals surface area contributed by atoms with Crippen LogP contribution in [0.3, 0.4) is 0 Å². The first kappa shape index (κ1) is 25.6. The number of amides is 2. The summed E-state index contributed by atoms with van der Waals surface area (Å²) in [5, 5.41) is 16.9. The van der Waals surface area contributed by atoms with E-state index in [0.29, 0.717) is 11.1 Å². The summed E-state index contributed by atoms with van der Waals surface area (Å²) in [5.74, 6) is -1.24.